The number of amides is 1. The summed E-state index contributed by atoms with van der Waals surface area (Å²) in [6, 6.07) is 22.0. The van der Waals surface area contributed by atoms with Crippen molar-refractivity contribution in [3.8, 4) is 0 Å². The van der Waals surface area contributed by atoms with Crippen molar-refractivity contribution in [2.45, 2.75) is 12.8 Å². The Morgan fingerprint density at radius 3 is 2.07 bits per heavy atom. The fraction of sp³-hybridized carbons (Fsp3) is 0.0909. The summed E-state index contributed by atoms with van der Waals surface area (Å²) in [7, 11) is 0. The minimum atomic E-state index is -0.464. The molecule has 0 heterocycles. The number of nitrogens with zero attached hydrogens (tertiary/aromatic N) is 2. The second-order valence-electron chi connectivity index (χ2n) is 6.59. The SMILES string of the molecule is O=C(Cc1ccc([N+](=O)[O-])cc1)NN=C1c2ccccc2Cc2ccccc21. The monoisotopic (exact) mass is 371 g/mol. The van der Waals surface area contributed by atoms with Crippen LogP contribution < -0.4 is 5.43 Å². The van der Waals surface area contributed by atoms with Crippen LogP contribution in [0.15, 0.2) is 77.9 Å². The lowest BCUT2D eigenvalue weighted by atomic mass is 9.85. The maximum Gasteiger partial charge on any atom is 0.269 e. The first kappa shape index (κ1) is 17.6. The summed E-state index contributed by atoms with van der Waals surface area (Å²) < 4.78 is 0. The molecule has 0 fully saturated rings. The zero-order chi connectivity index (χ0) is 19.5. The third-order valence-corrected chi connectivity index (χ3v) is 4.73. The van der Waals surface area contributed by atoms with E-state index in [1.54, 1.807) is 12.1 Å². The van der Waals surface area contributed by atoms with Crippen LogP contribution in [-0.2, 0) is 17.6 Å². The predicted octanol–water partition coefficient (Wildman–Crippen LogP) is 3.61. The van der Waals surface area contributed by atoms with Crippen LogP contribution in [0.1, 0.15) is 27.8 Å². The van der Waals surface area contributed by atoms with Gasteiger partial charge in [0.2, 0.25) is 5.91 Å². The van der Waals surface area contributed by atoms with E-state index < -0.39 is 4.92 Å². The number of hydrogen-bond donors (Lipinski definition) is 1. The van der Waals surface area contributed by atoms with E-state index in [2.05, 4.69) is 22.7 Å². The van der Waals surface area contributed by atoms with Gasteiger partial charge < -0.3 is 0 Å². The van der Waals surface area contributed by atoms with Crippen molar-refractivity contribution in [2.75, 3.05) is 0 Å². The van der Waals surface area contributed by atoms with Gasteiger partial charge in [0.15, 0.2) is 0 Å². The van der Waals surface area contributed by atoms with Crippen LogP contribution in [0, 0.1) is 10.1 Å². The highest BCUT2D eigenvalue weighted by Gasteiger charge is 2.21. The number of rotatable bonds is 4. The van der Waals surface area contributed by atoms with Gasteiger partial charge in [-0.25, -0.2) is 5.43 Å². The normalized spacial score (nSPS) is 11.9. The summed E-state index contributed by atoms with van der Waals surface area (Å²) in [5.41, 5.74) is 8.43. The highest BCUT2D eigenvalue weighted by atomic mass is 16.6. The standard InChI is InChI=1S/C22H17N3O3/c26-21(13-15-9-11-18(12-10-15)25(27)28)23-24-22-19-7-3-1-5-16(19)14-17-6-2-4-8-20(17)22/h1-12H,13-14H2,(H,23,26). The minimum Gasteiger partial charge on any atom is -0.273 e. The molecule has 0 radical (unpaired) electrons. The van der Waals surface area contributed by atoms with Crippen molar-refractivity contribution in [1.82, 2.24) is 5.43 Å². The summed E-state index contributed by atoms with van der Waals surface area (Å²) >= 11 is 0. The number of nitro benzene ring substituents is 1. The summed E-state index contributed by atoms with van der Waals surface area (Å²) in [4.78, 5) is 22.6. The summed E-state index contributed by atoms with van der Waals surface area (Å²) in [6.07, 6.45) is 0.931. The first-order chi connectivity index (χ1) is 13.6. The quantitative estimate of drug-likeness (QED) is 0.439. The molecule has 1 N–H and O–H groups in total. The molecule has 0 saturated carbocycles. The average Bonchev–Trinajstić information content (AvgIpc) is 2.71. The van der Waals surface area contributed by atoms with Crippen LogP contribution in [0.5, 0.6) is 0 Å². The number of nitro groups is 1. The Hall–Kier alpha value is -3.80. The number of non-ortho nitro benzene ring substituents is 1. The molecule has 1 amide bonds. The fourth-order valence-corrected chi connectivity index (χ4v) is 3.36. The molecule has 0 saturated heterocycles. The van der Waals surface area contributed by atoms with Gasteiger partial charge in [-0.3, -0.25) is 14.9 Å². The molecular weight excluding hydrogens is 354 g/mol. The van der Waals surface area contributed by atoms with Crippen molar-refractivity contribution < 1.29 is 9.72 Å². The molecule has 138 valence electrons. The van der Waals surface area contributed by atoms with E-state index in [1.807, 2.05) is 36.4 Å². The lowest BCUT2D eigenvalue weighted by molar-refractivity contribution is -0.384. The Labute approximate surface area is 161 Å². The van der Waals surface area contributed by atoms with E-state index in [9.17, 15) is 14.9 Å². The zero-order valence-electron chi connectivity index (χ0n) is 15.0. The van der Waals surface area contributed by atoms with E-state index in [0.717, 1.165) is 23.3 Å². The second-order valence-corrected chi connectivity index (χ2v) is 6.59. The third-order valence-electron chi connectivity index (χ3n) is 4.73. The molecule has 0 unspecified atom stereocenters. The highest BCUT2D eigenvalue weighted by Crippen LogP contribution is 2.27. The van der Waals surface area contributed by atoms with Gasteiger partial charge in [0.05, 0.1) is 17.1 Å². The van der Waals surface area contributed by atoms with Crippen molar-refractivity contribution in [1.29, 1.82) is 0 Å². The first-order valence-electron chi connectivity index (χ1n) is 8.88. The van der Waals surface area contributed by atoms with Crippen molar-refractivity contribution in [2.24, 2.45) is 5.10 Å². The molecule has 1 aliphatic carbocycles. The largest absolute Gasteiger partial charge is 0.273 e. The first-order valence-corrected chi connectivity index (χ1v) is 8.88. The van der Waals surface area contributed by atoms with Crippen molar-refractivity contribution >= 4 is 17.3 Å². The Bertz CT molecular complexity index is 1040. The Kier molecular flexibility index (Phi) is 4.68. The van der Waals surface area contributed by atoms with Gasteiger partial charge in [-0.05, 0) is 23.1 Å². The average molecular weight is 371 g/mol. The zero-order valence-corrected chi connectivity index (χ0v) is 15.0. The van der Waals surface area contributed by atoms with Crippen LogP contribution in [0.3, 0.4) is 0 Å². The van der Waals surface area contributed by atoms with E-state index in [4.69, 9.17) is 0 Å². The Morgan fingerprint density at radius 1 is 0.929 bits per heavy atom. The molecule has 0 spiro atoms. The van der Waals surface area contributed by atoms with Crippen LogP contribution in [0.2, 0.25) is 0 Å². The number of hydrazone groups is 1. The van der Waals surface area contributed by atoms with Gasteiger partial charge in [-0.1, -0.05) is 60.7 Å². The number of benzene rings is 3. The minimum absolute atomic E-state index is 0.000166. The number of nitrogens with one attached hydrogen (secondary N) is 1. The van der Waals surface area contributed by atoms with Crippen LogP contribution >= 0.6 is 0 Å². The molecule has 6 nitrogen and oxygen atoms in total. The number of carbonyl (C=O) groups is 1. The van der Waals surface area contributed by atoms with Gasteiger partial charge in [0, 0.05) is 23.3 Å². The molecular formula is C22H17N3O3. The molecule has 28 heavy (non-hydrogen) atoms. The van der Waals surface area contributed by atoms with Crippen molar-refractivity contribution in [3.05, 3.63) is 111 Å². The van der Waals surface area contributed by atoms with Crippen LogP contribution in [0.4, 0.5) is 5.69 Å². The fourth-order valence-electron chi connectivity index (χ4n) is 3.36. The van der Waals surface area contributed by atoms with Gasteiger partial charge in [0.1, 0.15) is 0 Å². The summed E-state index contributed by atoms with van der Waals surface area (Å²) in [5.74, 6) is -0.276. The van der Waals surface area contributed by atoms with Gasteiger partial charge in [0.25, 0.3) is 5.69 Å². The van der Waals surface area contributed by atoms with Gasteiger partial charge in [-0.2, -0.15) is 5.10 Å². The molecule has 0 aliphatic heterocycles. The molecule has 3 aromatic carbocycles. The van der Waals surface area contributed by atoms with E-state index >= 15 is 0 Å². The number of hydrogen-bond acceptors (Lipinski definition) is 4. The predicted molar refractivity (Wildman–Crippen MR) is 106 cm³/mol. The molecule has 4 rings (SSSR count). The van der Waals surface area contributed by atoms with E-state index in [-0.39, 0.29) is 18.0 Å². The number of fused-ring (bicyclic) bond motifs is 2. The lowest BCUT2D eigenvalue weighted by Crippen LogP contribution is -2.24. The molecule has 6 heteroatoms. The third kappa shape index (κ3) is 3.53. The molecule has 0 aromatic heterocycles. The van der Waals surface area contributed by atoms with Gasteiger partial charge in [-0.15, -0.1) is 0 Å². The van der Waals surface area contributed by atoms with Crippen LogP contribution in [0.25, 0.3) is 0 Å². The van der Waals surface area contributed by atoms with Crippen molar-refractivity contribution in [3.63, 3.8) is 0 Å². The Balaban J connectivity index is 1.56. The van der Waals surface area contributed by atoms with Gasteiger partial charge >= 0.3 is 0 Å². The molecule has 3 aromatic rings. The molecule has 1 aliphatic rings. The van der Waals surface area contributed by atoms with E-state index in [0.29, 0.717) is 5.56 Å². The maximum atomic E-state index is 12.3. The van der Waals surface area contributed by atoms with Crippen LogP contribution in [-0.4, -0.2) is 16.5 Å². The molecule has 0 atom stereocenters. The molecule has 0 bridgehead atoms. The summed E-state index contributed by atoms with van der Waals surface area (Å²) in [6.45, 7) is 0. The highest BCUT2D eigenvalue weighted by molar-refractivity contribution is 6.16. The maximum absolute atomic E-state index is 12.3. The Morgan fingerprint density at radius 2 is 1.50 bits per heavy atom. The summed E-state index contributed by atoms with van der Waals surface area (Å²) in [5, 5.41) is 15.1. The topological polar surface area (TPSA) is 84.6 Å². The lowest BCUT2D eigenvalue weighted by Gasteiger charge is -2.21. The second kappa shape index (κ2) is 7.44. The smallest absolute Gasteiger partial charge is 0.269 e. The number of carbonyl (C=O) groups excluding carboxylic acids is 1. The van der Waals surface area contributed by atoms with E-state index in [1.165, 1.54) is 23.3 Å².